The Balaban J connectivity index is 1.89. The number of anilines is 2. The van der Waals surface area contributed by atoms with Gasteiger partial charge in [-0.3, -0.25) is 9.59 Å². The van der Waals surface area contributed by atoms with Gasteiger partial charge in [0.2, 0.25) is 0 Å². The van der Waals surface area contributed by atoms with Crippen LogP contribution in [-0.4, -0.2) is 24.9 Å². The molecule has 2 amide bonds. The Morgan fingerprint density at radius 2 is 1.00 bits per heavy atom. The third-order valence-electron chi connectivity index (χ3n) is 5.45. The van der Waals surface area contributed by atoms with Gasteiger partial charge in [0, 0.05) is 35.6 Å². The number of carbonyl (C=O) groups is 2. The van der Waals surface area contributed by atoms with Gasteiger partial charge in [-0.05, 0) is 55.3 Å². The molecule has 32 heavy (non-hydrogen) atoms. The highest BCUT2D eigenvalue weighted by Crippen LogP contribution is 2.21. The highest BCUT2D eigenvalue weighted by molar-refractivity contribution is 6.10. The average molecular weight is 429 g/mol. The fourth-order valence-corrected chi connectivity index (χ4v) is 3.64. The Labute approximate surface area is 191 Å². The molecule has 0 unspecified atom stereocenters. The third kappa shape index (κ3) is 5.85. The molecular weight excluding hydrogens is 396 g/mol. The van der Waals surface area contributed by atoms with E-state index in [2.05, 4.69) is 13.8 Å². The maximum Gasteiger partial charge on any atom is 0.258 e. The molecule has 0 aliphatic carbocycles. The number of unbranched alkanes of at least 4 members (excludes halogenated alkanes) is 2. The smallest absolute Gasteiger partial charge is 0.258 e. The van der Waals surface area contributed by atoms with Gasteiger partial charge < -0.3 is 9.80 Å². The molecular formula is C28H32N2O2. The summed E-state index contributed by atoms with van der Waals surface area (Å²) in [5.41, 5.74) is 2.80. The lowest BCUT2D eigenvalue weighted by Crippen LogP contribution is -2.33. The van der Waals surface area contributed by atoms with E-state index in [9.17, 15) is 9.59 Å². The SMILES string of the molecule is CCCCN(C(=O)c1cccc(C(=O)N(CCCC)c2ccccc2)c1)c1ccccc1. The zero-order chi connectivity index (χ0) is 22.8. The Hall–Kier alpha value is -3.40. The molecule has 0 saturated carbocycles. The van der Waals surface area contributed by atoms with Crippen molar-refractivity contribution in [2.75, 3.05) is 22.9 Å². The summed E-state index contributed by atoms with van der Waals surface area (Å²) in [6.07, 6.45) is 3.83. The summed E-state index contributed by atoms with van der Waals surface area (Å²) < 4.78 is 0. The summed E-state index contributed by atoms with van der Waals surface area (Å²) in [4.78, 5) is 30.5. The molecule has 0 aromatic heterocycles. The van der Waals surface area contributed by atoms with Crippen molar-refractivity contribution in [1.29, 1.82) is 0 Å². The van der Waals surface area contributed by atoms with Gasteiger partial charge in [0.1, 0.15) is 0 Å². The first-order valence-electron chi connectivity index (χ1n) is 11.5. The summed E-state index contributed by atoms with van der Waals surface area (Å²) in [5.74, 6) is -0.168. The molecule has 0 spiro atoms. The highest BCUT2D eigenvalue weighted by Gasteiger charge is 2.21. The minimum absolute atomic E-state index is 0.0841. The number of rotatable bonds is 10. The molecule has 0 aliphatic rings. The number of hydrogen-bond donors (Lipinski definition) is 0. The molecule has 0 bridgehead atoms. The van der Waals surface area contributed by atoms with E-state index in [-0.39, 0.29) is 11.8 Å². The zero-order valence-electron chi connectivity index (χ0n) is 19.0. The monoisotopic (exact) mass is 428 g/mol. The summed E-state index contributed by atoms with van der Waals surface area (Å²) in [6.45, 7) is 5.51. The van der Waals surface area contributed by atoms with Crippen molar-refractivity contribution < 1.29 is 9.59 Å². The third-order valence-corrected chi connectivity index (χ3v) is 5.45. The van der Waals surface area contributed by atoms with Crippen LogP contribution in [0, 0.1) is 0 Å². The van der Waals surface area contributed by atoms with Crippen LogP contribution in [0.15, 0.2) is 84.9 Å². The maximum atomic E-state index is 13.4. The minimum atomic E-state index is -0.0841. The van der Waals surface area contributed by atoms with E-state index in [1.54, 1.807) is 34.1 Å². The molecule has 4 heteroatoms. The number of carbonyl (C=O) groups excluding carboxylic acids is 2. The van der Waals surface area contributed by atoms with Crippen molar-refractivity contribution in [1.82, 2.24) is 0 Å². The molecule has 0 heterocycles. The molecule has 4 nitrogen and oxygen atoms in total. The predicted octanol–water partition coefficient (Wildman–Crippen LogP) is 6.58. The standard InChI is InChI=1S/C28H32N2O2/c1-3-5-20-29(25-16-9-7-10-17-25)27(31)23-14-13-15-24(22-23)28(32)30(21-6-4-2)26-18-11-8-12-19-26/h7-19,22H,3-6,20-21H2,1-2H3. The van der Waals surface area contributed by atoms with Gasteiger partial charge in [0.15, 0.2) is 0 Å². The van der Waals surface area contributed by atoms with Gasteiger partial charge >= 0.3 is 0 Å². The van der Waals surface area contributed by atoms with Crippen molar-refractivity contribution in [2.24, 2.45) is 0 Å². The van der Waals surface area contributed by atoms with Crippen LogP contribution in [-0.2, 0) is 0 Å². The summed E-state index contributed by atoms with van der Waals surface area (Å²) in [6, 6.07) is 26.5. The minimum Gasteiger partial charge on any atom is -0.308 e. The van der Waals surface area contributed by atoms with Crippen LogP contribution in [0.4, 0.5) is 11.4 Å². The molecule has 3 aromatic rings. The van der Waals surface area contributed by atoms with Crippen LogP contribution in [0.2, 0.25) is 0 Å². The molecule has 3 rings (SSSR count). The van der Waals surface area contributed by atoms with E-state index in [1.807, 2.05) is 60.7 Å². The Morgan fingerprint density at radius 1 is 0.594 bits per heavy atom. The molecule has 3 aromatic carbocycles. The van der Waals surface area contributed by atoms with Crippen molar-refractivity contribution in [3.05, 3.63) is 96.1 Å². The van der Waals surface area contributed by atoms with Gasteiger partial charge in [-0.1, -0.05) is 69.2 Å². The van der Waals surface area contributed by atoms with Crippen LogP contribution in [0.3, 0.4) is 0 Å². The van der Waals surface area contributed by atoms with Crippen LogP contribution < -0.4 is 9.80 Å². The summed E-state index contributed by atoms with van der Waals surface area (Å²) >= 11 is 0. The molecule has 0 N–H and O–H groups in total. The summed E-state index contributed by atoms with van der Waals surface area (Å²) in [5, 5.41) is 0. The van der Waals surface area contributed by atoms with E-state index < -0.39 is 0 Å². The Kier molecular flexibility index (Phi) is 8.61. The van der Waals surface area contributed by atoms with Crippen LogP contribution >= 0.6 is 0 Å². The maximum absolute atomic E-state index is 13.4. The van der Waals surface area contributed by atoms with E-state index in [0.717, 1.165) is 37.1 Å². The number of para-hydroxylation sites is 2. The Morgan fingerprint density at radius 3 is 1.38 bits per heavy atom. The lowest BCUT2D eigenvalue weighted by atomic mass is 10.1. The van der Waals surface area contributed by atoms with Gasteiger partial charge in [-0.25, -0.2) is 0 Å². The number of benzene rings is 3. The second-order valence-corrected chi connectivity index (χ2v) is 7.87. The van der Waals surface area contributed by atoms with E-state index in [1.165, 1.54) is 0 Å². The van der Waals surface area contributed by atoms with Crippen molar-refractivity contribution in [3.8, 4) is 0 Å². The zero-order valence-corrected chi connectivity index (χ0v) is 19.0. The van der Waals surface area contributed by atoms with Crippen molar-refractivity contribution >= 4 is 23.2 Å². The van der Waals surface area contributed by atoms with Crippen LogP contribution in [0.5, 0.6) is 0 Å². The first-order chi connectivity index (χ1) is 15.7. The van der Waals surface area contributed by atoms with E-state index >= 15 is 0 Å². The second-order valence-electron chi connectivity index (χ2n) is 7.87. The molecule has 0 saturated heterocycles. The first kappa shape index (κ1) is 23.3. The number of nitrogens with zero attached hydrogens (tertiary/aromatic N) is 2. The fraction of sp³-hybridized carbons (Fsp3) is 0.286. The molecule has 0 atom stereocenters. The average Bonchev–Trinajstić information content (AvgIpc) is 2.85. The van der Waals surface area contributed by atoms with E-state index in [4.69, 9.17) is 0 Å². The topological polar surface area (TPSA) is 40.6 Å². The van der Waals surface area contributed by atoms with Crippen LogP contribution in [0.25, 0.3) is 0 Å². The predicted molar refractivity (Wildman–Crippen MR) is 132 cm³/mol. The van der Waals surface area contributed by atoms with Gasteiger partial charge in [-0.15, -0.1) is 0 Å². The molecule has 0 fully saturated rings. The normalized spacial score (nSPS) is 10.6. The number of amides is 2. The summed E-state index contributed by atoms with van der Waals surface area (Å²) in [7, 11) is 0. The van der Waals surface area contributed by atoms with Crippen molar-refractivity contribution in [2.45, 2.75) is 39.5 Å². The van der Waals surface area contributed by atoms with Gasteiger partial charge in [-0.2, -0.15) is 0 Å². The molecule has 0 radical (unpaired) electrons. The highest BCUT2D eigenvalue weighted by atomic mass is 16.2. The lowest BCUT2D eigenvalue weighted by Gasteiger charge is -2.24. The molecule has 166 valence electrons. The van der Waals surface area contributed by atoms with Gasteiger partial charge in [0.05, 0.1) is 0 Å². The quantitative estimate of drug-likeness (QED) is 0.366. The largest absolute Gasteiger partial charge is 0.308 e. The fourth-order valence-electron chi connectivity index (χ4n) is 3.64. The lowest BCUT2D eigenvalue weighted by molar-refractivity contribution is 0.0986. The molecule has 0 aliphatic heterocycles. The van der Waals surface area contributed by atoms with Crippen molar-refractivity contribution in [3.63, 3.8) is 0 Å². The first-order valence-corrected chi connectivity index (χ1v) is 11.5. The van der Waals surface area contributed by atoms with E-state index in [0.29, 0.717) is 24.2 Å². The Bertz CT molecular complexity index is 923. The number of hydrogen-bond acceptors (Lipinski definition) is 2. The van der Waals surface area contributed by atoms with Gasteiger partial charge in [0.25, 0.3) is 11.8 Å². The second kappa shape index (κ2) is 11.8. The van der Waals surface area contributed by atoms with Crippen LogP contribution in [0.1, 0.15) is 60.2 Å².